The van der Waals surface area contributed by atoms with Crippen LogP contribution in [0.3, 0.4) is 0 Å². The second-order valence-electron chi connectivity index (χ2n) is 7.76. The van der Waals surface area contributed by atoms with Gasteiger partial charge in [0.25, 0.3) is 11.8 Å². The van der Waals surface area contributed by atoms with Crippen molar-refractivity contribution in [2.45, 2.75) is 44.1 Å². The quantitative estimate of drug-likeness (QED) is 0.387. The zero-order valence-electron chi connectivity index (χ0n) is 15.4. The number of benzene rings is 1. The van der Waals surface area contributed by atoms with Crippen molar-refractivity contribution < 1.29 is 9.59 Å². The van der Waals surface area contributed by atoms with E-state index in [9.17, 15) is 9.59 Å². The number of rotatable bonds is 4. The lowest BCUT2D eigenvalue weighted by molar-refractivity contribution is -0.120. The van der Waals surface area contributed by atoms with Crippen LogP contribution in [0, 0.1) is 6.92 Å². The normalized spacial score (nSPS) is 19.2. The Morgan fingerprint density at radius 1 is 1.15 bits per heavy atom. The molecule has 1 aromatic carbocycles. The monoisotopic (exact) mass is 411 g/mol. The number of aryl methyl sites for hydroxylation is 1. The third-order valence-corrected chi connectivity index (χ3v) is 8.93. The van der Waals surface area contributed by atoms with Crippen LogP contribution >= 0.6 is 30.1 Å². The Labute approximate surface area is 165 Å². The minimum atomic E-state index is -1.49. The van der Waals surface area contributed by atoms with Gasteiger partial charge in [0.2, 0.25) is 0 Å². The maximum Gasteiger partial charge on any atom is 0.261 e. The molecule has 0 saturated heterocycles. The van der Waals surface area contributed by atoms with Crippen LogP contribution in [0.2, 0.25) is 5.02 Å². The third kappa shape index (κ3) is 3.54. The van der Waals surface area contributed by atoms with Gasteiger partial charge in [-0.25, -0.2) is 4.90 Å². The molecule has 0 radical (unpaired) electrons. The van der Waals surface area contributed by atoms with E-state index >= 15 is 0 Å². The molecule has 140 valence electrons. The molecule has 26 heavy (non-hydrogen) atoms. The van der Waals surface area contributed by atoms with Crippen molar-refractivity contribution >= 4 is 53.9 Å². The number of imide groups is 1. The molecule has 0 fully saturated rings. The van der Waals surface area contributed by atoms with Gasteiger partial charge in [0.05, 0.1) is 10.8 Å². The second kappa shape index (κ2) is 7.19. The first-order chi connectivity index (χ1) is 12.1. The molecule has 3 nitrogen and oxygen atoms in total. The van der Waals surface area contributed by atoms with Crippen molar-refractivity contribution in [1.29, 1.82) is 0 Å². The van der Waals surface area contributed by atoms with Crippen molar-refractivity contribution in [3.63, 3.8) is 0 Å². The van der Waals surface area contributed by atoms with Gasteiger partial charge in [0.15, 0.2) is 0 Å². The van der Waals surface area contributed by atoms with Crippen molar-refractivity contribution in [2.75, 3.05) is 18.2 Å². The van der Waals surface area contributed by atoms with E-state index in [0.717, 1.165) is 24.0 Å². The SMILES string of the molecule is C=P(C)(C)C(Cl)Cc1cc(N2C(=O)C3=C(CCCC3)C2=O)c(C)cc1Cl. The number of nitrogens with zero attached hydrogens (tertiary/aromatic N) is 1. The van der Waals surface area contributed by atoms with E-state index in [1.807, 2.05) is 19.1 Å². The molecular weight excluding hydrogens is 388 g/mol. The highest BCUT2D eigenvalue weighted by atomic mass is 35.5. The van der Waals surface area contributed by atoms with Gasteiger partial charge in [0.1, 0.15) is 0 Å². The zero-order valence-corrected chi connectivity index (χ0v) is 17.8. The van der Waals surface area contributed by atoms with Gasteiger partial charge in [-0.2, -0.15) is 0 Å². The summed E-state index contributed by atoms with van der Waals surface area (Å²) in [5.41, 5.74) is 3.68. The first kappa shape index (κ1) is 19.7. The van der Waals surface area contributed by atoms with E-state index in [1.165, 1.54) is 4.90 Å². The van der Waals surface area contributed by atoms with E-state index in [4.69, 9.17) is 23.2 Å². The predicted octanol–water partition coefficient (Wildman–Crippen LogP) is 5.21. The first-order valence-corrected chi connectivity index (χ1v) is 12.6. The highest BCUT2D eigenvalue weighted by Gasteiger charge is 2.40. The lowest BCUT2D eigenvalue weighted by Gasteiger charge is -2.23. The van der Waals surface area contributed by atoms with Crippen molar-refractivity contribution in [3.8, 4) is 0 Å². The van der Waals surface area contributed by atoms with Gasteiger partial charge >= 0.3 is 0 Å². The molecule has 0 N–H and O–H groups in total. The number of hydrogen-bond donors (Lipinski definition) is 0. The summed E-state index contributed by atoms with van der Waals surface area (Å²) in [4.78, 5) is 27.1. The van der Waals surface area contributed by atoms with Gasteiger partial charge in [-0.15, -0.1) is 11.6 Å². The Bertz CT molecular complexity index is 841. The highest BCUT2D eigenvalue weighted by Crippen LogP contribution is 2.47. The Kier molecular flexibility index (Phi) is 5.45. The Hall–Kier alpha value is -1.02. The minimum absolute atomic E-state index is 0.105. The van der Waals surface area contributed by atoms with Crippen LogP contribution in [0.15, 0.2) is 23.3 Å². The van der Waals surface area contributed by atoms with E-state index in [-0.39, 0.29) is 16.9 Å². The lowest BCUT2D eigenvalue weighted by Crippen LogP contribution is -2.32. The molecule has 1 aliphatic carbocycles. The number of halogens is 2. The molecule has 0 aromatic heterocycles. The van der Waals surface area contributed by atoms with Gasteiger partial charge in [-0.1, -0.05) is 24.8 Å². The van der Waals surface area contributed by atoms with Crippen LogP contribution in [0.4, 0.5) is 5.69 Å². The molecule has 0 bridgehead atoms. The Balaban J connectivity index is 1.99. The van der Waals surface area contributed by atoms with Crippen molar-refractivity contribution in [2.24, 2.45) is 0 Å². The number of alkyl halides is 1. The maximum absolute atomic E-state index is 12.9. The predicted molar refractivity (Wildman–Crippen MR) is 113 cm³/mol. The molecule has 0 saturated carbocycles. The zero-order chi connectivity index (χ0) is 19.2. The van der Waals surface area contributed by atoms with Crippen molar-refractivity contribution in [1.82, 2.24) is 0 Å². The average molecular weight is 412 g/mol. The van der Waals surface area contributed by atoms with Gasteiger partial charge < -0.3 is 0 Å². The molecule has 2 amide bonds. The van der Waals surface area contributed by atoms with Crippen LogP contribution in [0.5, 0.6) is 0 Å². The van der Waals surface area contributed by atoms with Gasteiger partial charge in [-0.3, -0.25) is 9.59 Å². The van der Waals surface area contributed by atoms with E-state index in [1.54, 1.807) is 0 Å². The Morgan fingerprint density at radius 3 is 2.19 bits per heavy atom. The summed E-state index contributed by atoms with van der Waals surface area (Å²) < 4.78 is 0. The molecule has 1 aliphatic heterocycles. The molecule has 6 heteroatoms. The molecule has 1 atom stereocenters. The summed E-state index contributed by atoms with van der Waals surface area (Å²) >= 11 is 13.0. The highest BCUT2D eigenvalue weighted by molar-refractivity contribution is 7.74. The Morgan fingerprint density at radius 2 is 1.69 bits per heavy atom. The van der Waals surface area contributed by atoms with Crippen LogP contribution in [0.1, 0.15) is 36.8 Å². The summed E-state index contributed by atoms with van der Waals surface area (Å²) in [6.45, 7) is 4.55. The molecule has 2 aliphatic rings. The summed E-state index contributed by atoms with van der Waals surface area (Å²) in [5.74, 6) is -0.345. The molecule has 0 spiro atoms. The number of hydrogen-bond acceptors (Lipinski definition) is 2. The van der Waals surface area contributed by atoms with Crippen LogP contribution < -0.4 is 4.90 Å². The molecule has 1 heterocycles. The summed E-state index contributed by atoms with van der Waals surface area (Å²) in [6.07, 6.45) is 8.09. The van der Waals surface area contributed by atoms with Crippen molar-refractivity contribution in [3.05, 3.63) is 39.4 Å². The smallest absolute Gasteiger partial charge is 0.261 e. The standard InChI is InChI=1S/C20H24Cl2NO2P/c1-12-9-16(21)13(11-18(22)26(2,3)4)10-17(12)23-19(24)14-7-5-6-8-15(14)20(23)25/h9-10,18H,2,5-8,11H2,1,3-4H3. The fourth-order valence-corrected chi connectivity index (χ4v) is 4.64. The average Bonchev–Trinajstić information content (AvgIpc) is 2.81. The number of carbonyl (C=O) groups is 2. The fourth-order valence-electron chi connectivity index (χ4n) is 3.49. The maximum atomic E-state index is 12.9. The lowest BCUT2D eigenvalue weighted by atomic mass is 9.93. The first-order valence-electron chi connectivity index (χ1n) is 8.83. The summed E-state index contributed by atoms with van der Waals surface area (Å²) in [5, 5.41) is 0.508. The summed E-state index contributed by atoms with van der Waals surface area (Å²) in [7, 11) is 0. The molecular formula is C20H24Cl2NO2P. The van der Waals surface area contributed by atoms with E-state index in [0.29, 0.717) is 41.1 Å². The number of amides is 2. The molecule has 1 unspecified atom stereocenters. The van der Waals surface area contributed by atoms with E-state index in [2.05, 4.69) is 19.6 Å². The summed E-state index contributed by atoms with van der Waals surface area (Å²) in [6, 6.07) is 3.68. The second-order valence-corrected chi connectivity index (χ2v) is 13.2. The topological polar surface area (TPSA) is 37.4 Å². The van der Waals surface area contributed by atoms with Crippen LogP contribution in [-0.4, -0.2) is 36.6 Å². The fraction of sp³-hybridized carbons (Fsp3) is 0.450. The number of anilines is 1. The van der Waals surface area contributed by atoms with Gasteiger partial charge in [0, 0.05) is 16.2 Å². The van der Waals surface area contributed by atoms with E-state index < -0.39 is 6.89 Å². The molecule has 1 aromatic rings. The number of carbonyl (C=O) groups excluding carboxylic acids is 2. The van der Waals surface area contributed by atoms with Crippen LogP contribution in [0.25, 0.3) is 0 Å². The van der Waals surface area contributed by atoms with Gasteiger partial charge in [-0.05, 0) is 75.6 Å². The minimum Gasteiger partial charge on any atom is -0.269 e. The van der Waals surface area contributed by atoms with Crippen LogP contribution in [-0.2, 0) is 16.0 Å². The largest absolute Gasteiger partial charge is 0.269 e. The third-order valence-electron chi connectivity index (χ3n) is 5.14. The molecule has 3 rings (SSSR count).